The fraction of sp³-hybridized carbons (Fsp3) is 0.571. The Bertz CT molecular complexity index is 329. The van der Waals surface area contributed by atoms with Crippen molar-refractivity contribution in [1.29, 1.82) is 0 Å². The van der Waals surface area contributed by atoms with E-state index in [0.29, 0.717) is 5.41 Å². The second kappa shape index (κ2) is 6.87. The maximum Gasteiger partial charge on any atom is 0.0364 e. The van der Waals surface area contributed by atoms with Crippen molar-refractivity contribution in [2.24, 2.45) is 5.41 Å². The van der Waals surface area contributed by atoms with E-state index in [-0.39, 0.29) is 12.4 Å². The summed E-state index contributed by atoms with van der Waals surface area (Å²) in [5.74, 6) is 0. The molecule has 0 aliphatic heterocycles. The van der Waals surface area contributed by atoms with Gasteiger partial charge in [-0.3, -0.25) is 0 Å². The molecule has 3 heteroatoms. The van der Waals surface area contributed by atoms with Gasteiger partial charge in [-0.25, -0.2) is 0 Å². The highest BCUT2D eigenvalue weighted by molar-refractivity contribution is 5.85. The van der Waals surface area contributed by atoms with Gasteiger partial charge >= 0.3 is 0 Å². The van der Waals surface area contributed by atoms with Crippen molar-refractivity contribution >= 4 is 18.1 Å². The van der Waals surface area contributed by atoms with Gasteiger partial charge in [0.1, 0.15) is 0 Å². The lowest BCUT2D eigenvalue weighted by atomic mass is 9.97. The Labute approximate surface area is 112 Å². The third-order valence-electron chi connectivity index (χ3n) is 2.41. The van der Waals surface area contributed by atoms with Crippen molar-refractivity contribution in [3.8, 4) is 0 Å². The highest BCUT2D eigenvalue weighted by Crippen LogP contribution is 2.14. The molecule has 1 aromatic rings. The Morgan fingerprint density at radius 3 is 2.35 bits per heavy atom. The maximum absolute atomic E-state index is 3.49. The molecule has 0 unspecified atom stereocenters. The molecular weight excluding hydrogens is 232 g/mol. The molecule has 0 saturated heterocycles. The van der Waals surface area contributed by atoms with Crippen LogP contribution in [0.2, 0.25) is 0 Å². The van der Waals surface area contributed by atoms with E-state index in [1.54, 1.807) is 0 Å². The third-order valence-corrected chi connectivity index (χ3v) is 2.41. The topological polar surface area (TPSA) is 15.3 Å². The molecule has 0 radical (unpaired) electrons. The molecular formula is C14H25ClN2. The molecule has 0 spiro atoms. The molecule has 1 rings (SSSR count). The van der Waals surface area contributed by atoms with E-state index in [1.165, 1.54) is 11.3 Å². The van der Waals surface area contributed by atoms with Crippen molar-refractivity contribution in [1.82, 2.24) is 5.32 Å². The Hall–Kier alpha value is -0.730. The molecule has 0 bridgehead atoms. The van der Waals surface area contributed by atoms with Crippen molar-refractivity contribution in [3.63, 3.8) is 0 Å². The van der Waals surface area contributed by atoms with Crippen LogP contribution in [0.25, 0.3) is 0 Å². The minimum Gasteiger partial charge on any atom is -0.378 e. The van der Waals surface area contributed by atoms with Gasteiger partial charge in [-0.05, 0) is 23.1 Å². The highest BCUT2D eigenvalue weighted by Gasteiger charge is 2.08. The molecule has 17 heavy (non-hydrogen) atoms. The summed E-state index contributed by atoms with van der Waals surface area (Å²) in [6.45, 7) is 8.72. The fourth-order valence-electron chi connectivity index (χ4n) is 1.53. The summed E-state index contributed by atoms with van der Waals surface area (Å²) in [5.41, 5.74) is 2.95. The van der Waals surface area contributed by atoms with Crippen LogP contribution >= 0.6 is 12.4 Å². The van der Waals surface area contributed by atoms with Gasteiger partial charge in [0.15, 0.2) is 0 Å². The lowest BCUT2D eigenvalue weighted by Crippen LogP contribution is -2.26. The Balaban J connectivity index is 0.00000256. The van der Waals surface area contributed by atoms with E-state index in [2.05, 4.69) is 69.3 Å². The minimum atomic E-state index is 0. The molecule has 0 aliphatic carbocycles. The average molecular weight is 257 g/mol. The maximum atomic E-state index is 3.49. The summed E-state index contributed by atoms with van der Waals surface area (Å²) in [6, 6.07) is 8.65. The molecule has 98 valence electrons. The monoisotopic (exact) mass is 256 g/mol. The quantitative estimate of drug-likeness (QED) is 0.889. The van der Waals surface area contributed by atoms with Crippen LogP contribution < -0.4 is 10.2 Å². The van der Waals surface area contributed by atoms with Crippen LogP contribution in [0.4, 0.5) is 5.69 Å². The van der Waals surface area contributed by atoms with E-state index in [1.807, 2.05) is 0 Å². The van der Waals surface area contributed by atoms with E-state index < -0.39 is 0 Å². The molecule has 1 N–H and O–H groups in total. The molecule has 2 nitrogen and oxygen atoms in total. The standard InChI is InChI=1S/C14H24N2.ClH/c1-14(2,3)11-15-10-12-7-6-8-13(9-12)16(4)5;/h6-9,15H,10-11H2,1-5H3;1H. The van der Waals surface area contributed by atoms with Crippen LogP contribution in [-0.4, -0.2) is 20.6 Å². The first-order valence-corrected chi connectivity index (χ1v) is 5.85. The van der Waals surface area contributed by atoms with Gasteiger partial charge in [0.2, 0.25) is 0 Å². The lowest BCUT2D eigenvalue weighted by Gasteiger charge is -2.19. The smallest absolute Gasteiger partial charge is 0.0364 e. The van der Waals surface area contributed by atoms with Crippen LogP contribution in [0.3, 0.4) is 0 Å². The number of benzene rings is 1. The fourth-order valence-corrected chi connectivity index (χ4v) is 1.53. The Kier molecular flexibility index (Phi) is 6.58. The zero-order chi connectivity index (χ0) is 12.2. The normalized spacial score (nSPS) is 10.9. The molecule has 0 amide bonds. The molecule has 0 aromatic heterocycles. The second-order valence-corrected chi connectivity index (χ2v) is 5.73. The van der Waals surface area contributed by atoms with Gasteiger partial charge < -0.3 is 10.2 Å². The third kappa shape index (κ3) is 6.54. The first-order chi connectivity index (χ1) is 7.38. The van der Waals surface area contributed by atoms with Gasteiger partial charge in [0.05, 0.1) is 0 Å². The second-order valence-electron chi connectivity index (χ2n) is 5.73. The number of rotatable bonds is 4. The van der Waals surface area contributed by atoms with Crippen LogP contribution in [0.15, 0.2) is 24.3 Å². The van der Waals surface area contributed by atoms with Crippen LogP contribution in [0.1, 0.15) is 26.3 Å². The number of halogens is 1. The van der Waals surface area contributed by atoms with Gasteiger partial charge in [-0.1, -0.05) is 32.9 Å². The summed E-state index contributed by atoms with van der Waals surface area (Å²) in [5, 5.41) is 3.49. The summed E-state index contributed by atoms with van der Waals surface area (Å²) < 4.78 is 0. The van der Waals surface area contributed by atoms with Crippen LogP contribution in [0.5, 0.6) is 0 Å². The number of nitrogens with zero attached hydrogens (tertiary/aromatic N) is 1. The van der Waals surface area contributed by atoms with E-state index in [0.717, 1.165) is 13.1 Å². The van der Waals surface area contributed by atoms with E-state index in [9.17, 15) is 0 Å². The Morgan fingerprint density at radius 2 is 1.82 bits per heavy atom. The van der Waals surface area contributed by atoms with Crippen LogP contribution in [0, 0.1) is 5.41 Å². The van der Waals surface area contributed by atoms with Crippen molar-refractivity contribution in [2.45, 2.75) is 27.3 Å². The van der Waals surface area contributed by atoms with Gasteiger partial charge in [0.25, 0.3) is 0 Å². The first kappa shape index (κ1) is 16.3. The van der Waals surface area contributed by atoms with E-state index >= 15 is 0 Å². The molecule has 0 saturated carbocycles. The number of nitrogens with one attached hydrogen (secondary N) is 1. The molecule has 0 aliphatic rings. The van der Waals surface area contributed by atoms with Gasteiger partial charge in [-0.2, -0.15) is 0 Å². The molecule has 1 aromatic carbocycles. The number of hydrogen-bond donors (Lipinski definition) is 1. The van der Waals surface area contributed by atoms with E-state index in [4.69, 9.17) is 0 Å². The van der Waals surface area contributed by atoms with Gasteiger partial charge in [0, 0.05) is 32.9 Å². The number of hydrogen-bond acceptors (Lipinski definition) is 2. The van der Waals surface area contributed by atoms with Crippen molar-refractivity contribution in [2.75, 3.05) is 25.5 Å². The lowest BCUT2D eigenvalue weighted by molar-refractivity contribution is 0.379. The summed E-state index contributed by atoms with van der Waals surface area (Å²) in [7, 11) is 4.14. The van der Waals surface area contributed by atoms with Crippen molar-refractivity contribution in [3.05, 3.63) is 29.8 Å². The largest absolute Gasteiger partial charge is 0.378 e. The number of anilines is 1. The Morgan fingerprint density at radius 1 is 1.18 bits per heavy atom. The summed E-state index contributed by atoms with van der Waals surface area (Å²) in [6.07, 6.45) is 0. The SMILES string of the molecule is CN(C)c1cccc(CNCC(C)(C)C)c1.Cl. The minimum absolute atomic E-state index is 0. The zero-order valence-corrected chi connectivity index (χ0v) is 12.4. The zero-order valence-electron chi connectivity index (χ0n) is 11.6. The van der Waals surface area contributed by atoms with Gasteiger partial charge in [-0.15, -0.1) is 12.4 Å². The summed E-state index contributed by atoms with van der Waals surface area (Å²) >= 11 is 0. The molecule has 0 atom stereocenters. The average Bonchev–Trinajstić information content (AvgIpc) is 2.16. The van der Waals surface area contributed by atoms with Crippen molar-refractivity contribution < 1.29 is 0 Å². The molecule has 0 heterocycles. The predicted molar refractivity (Wildman–Crippen MR) is 79.2 cm³/mol. The molecule has 0 fully saturated rings. The predicted octanol–water partition coefficient (Wildman–Crippen LogP) is 3.31. The van der Waals surface area contributed by atoms with Crippen LogP contribution in [-0.2, 0) is 6.54 Å². The first-order valence-electron chi connectivity index (χ1n) is 5.85. The summed E-state index contributed by atoms with van der Waals surface area (Å²) in [4.78, 5) is 2.13. The highest BCUT2D eigenvalue weighted by atomic mass is 35.5.